The second kappa shape index (κ2) is 20.5. The zero-order chi connectivity index (χ0) is 41.3. The summed E-state index contributed by atoms with van der Waals surface area (Å²) in [5.41, 5.74) is 12.7. The first kappa shape index (κ1) is 43.1. The van der Waals surface area contributed by atoms with E-state index in [0.717, 1.165) is 16.7 Å². The molecule has 318 valence electrons. The quantitative estimate of drug-likeness (QED) is 0.0515. The van der Waals surface area contributed by atoms with Gasteiger partial charge in [0.15, 0.2) is 24.8 Å². The topological polar surface area (TPSA) is 174 Å². The summed E-state index contributed by atoms with van der Waals surface area (Å²) in [4.78, 5) is 3.13. The van der Waals surface area contributed by atoms with Crippen LogP contribution in [0.1, 0.15) is 51.3 Å². The molecule has 0 spiro atoms. The molecule has 1 N–H and O–H groups in total. The van der Waals surface area contributed by atoms with Gasteiger partial charge in [-0.25, -0.2) is 0 Å². The SMILES string of the molecule is CC(=N)O[C@H]1OC(COCc2ccccc2)[C@H](N=[N+]=[N-])C(C)C1O[C@@H]1OC(C)[C@H](O[C@@H]2OC[C@@H](OCc3ccccc3)C(OCc3ccccc3)C2C)C2O[C@@H](C)OC21. The van der Waals surface area contributed by atoms with E-state index in [0.29, 0.717) is 19.8 Å². The molecule has 3 aromatic rings. The minimum Gasteiger partial charge on any atom is -0.450 e. The van der Waals surface area contributed by atoms with Crippen LogP contribution in [0.15, 0.2) is 96.1 Å². The van der Waals surface area contributed by atoms with Crippen LogP contribution in [0.2, 0.25) is 0 Å². The van der Waals surface area contributed by atoms with E-state index >= 15 is 0 Å². The second-order valence-corrected chi connectivity index (χ2v) is 15.6. The molecular formula is C44H56N4O11. The van der Waals surface area contributed by atoms with E-state index in [1.807, 2.05) is 119 Å². The number of rotatable bonds is 16. The van der Waals surface area contributed by atoms with E-state index in [2.05, 4.69) is 10.0 Å². The zero-order valence-corrected chi connectivity index (χ0v) is 34.2. The molecule has 0 aliphatic carbocycles. The standard InChI is InChI=1S/C44H56N4O11/c1-26-36(47-48-46)34(24-49-21-31-15-9-6-10-16-31)57-43(54-29(4)45)38(26)58-44-41-40(55-30(5)56-41)39(28(3)53-44)59-42-27(2)37(51-23-33-19-13-8-14-20-33)35(25-52-42)50-22-32-17-11-7-12-18-32/h6-20,26-28,30,34-45H,21-25H2,1-5H3/t26?,27?,28?,30-,34?,35-,36-,37?,38?,39+,40?,41?,42+,43+,44+/m1/s1. The molecule has 7 rings (SSSR count). The number of ether oxygens (including phenoxy) is 11. The molecule has 4 saturated heterocycles. The fraction of sp³-hybridized carbons (Fsp3) is 0.568. The van der Waals surface area contributed by atoms with Gasteiger partial charge in [-0.05, 0) is 42.0 Å². The van der Waals surface area contributed by atoms with Gasteiger partial charge in [0, 0.05) is 17.8 Å². The summed E-state index contributed by atoms with van der Waals surface area (Å²) in [6, 6.07) is 29.1. The van der Waals surface area contributed by atoms with Gasteiger partial charge in [-0.15, -0.1) is 0 Å². The molecule has 4 heterocycles. The number of nitrogens with one attached hydrogen (secondary N) is 1. The maximum absolute atomic E-state index is 9.59. The summed E-state index contributed by atoms with van der Waals surface area (Å²) < 4.78 is 70.4. The summed E-state index contributed by atoms with van der Waals surface area (Å²) in [6.45, 7) is 10.7. The van der Waals surface area contributed by atoms with Crippen LogP contribution in [-0.2, 0) is 71.9 Å². The minimum atomic E-state index is -1.04. The van der Waals surface area contributed by atoms with Gasteiger partial charge in [0.2, 0.25) is 6.29 Å². The van der Waals surface area contributed by atoms with E-state index in [4.69, 9.17) is 57.5 Å². The molecule has 15 nitrogen and oxygen atoms in total. The highest BCUT2D eigenvalue weighted by Crippen LogP contribution is 2.40. The molecule has 15 heteroatoms. The molecular weight excluding hydrogens is 761 g/mol. The zero-order valence-electron chi connectivity index (χ0n) is 34.2. The number of fused-ring (bicyclic) bond motifs is 1. The van der Waals surface area contributed by atoms with Gasteiger partial charge in [-0.1, -0.05) is 110 Å². The summed E-state index contributed by atoms with van der Waals surface area (Å²) in [5, 5.41) is 12.3. The lowest BCUT2D eigenvalue weighted by atomic mass is 9.88. The van der Waals surface area contributed by atoms with Gasteiger partial charge < -0.3 is 52.1 Å². The van der Waals surface area contributed by atoms with Gasteiger partial charge in [-0.2, -0.15) is 0 Å². The first-order valence-corrected chi connectivity index (χ1v) is 20.4. The van der Waals surface area contributed by atoms with Crippen LogP contribution in [0.25, 0.3) is 10.4 Å². The van der Waals surface area contributed by atoms with Gasteiger partial charge >= 0.3 is 0 Å². The third-order valence-electron chi connectivity index (χ3n) is 11.2. The molecule has 0 aromatic heterocycles. The lowest BCUT2D eigenvalue weighted by Crippen LogP contribution is -2.62. The molecule has 0 amide bonds. The lowest BCUT2D eigenvalue weighted by molar-refractivity contribution is -0.350. The Hall–Kier alpha value is -3.96. The van der Waals surface area contributed by atoms with Crippen molar-refractivity contribution in [3.8, 4) is 0 Å². The highest BCUT2D eigenvalue weighted by atomic mass is 16.8. The Morgan fingerprint density at radius 2 is 1.29 bits per heavy atom. The molecule has 4 aliphatic heterocycles. The number of hydrogen-bond acceptors (Lipinski definition) is 13. The second-order valence-electron chi connectivity index (χ2n) is 15.6. The van der Waals surface area contributed by atoms with Gasteiger partial charge in [-0.3, -0.25) is 5.41 Å². The average Bonchev–Trinajstić information content (AvgIpc) is 3.63. The van der Waals surface area contributed by atoms with Gasteiger partial charge in [0.1, 0.15) is 30.5 Å². The Kier molecular flexibility index (Phi) is 15.0. The van der Waals surface area contributed by atoms with Crippen molar-refractivity contribution in [3.63, 3.8) is 0 Å². The maximum Gasteiger partial charge on any atom is 0.228 e. The predicted octanol–water partition coefficient (Wildman–Crippen LogP) is 7.07. The predicted molar refractivity (Wildman–Crippen MR) is 214 cm³/mol. The molecule has 0 saturated carbocycles. The van der Waals surface area contributed by atoms with Crippen molar-refractivity contribution in [2.75, 3.05) is 13.2 Å². The van der Waals surface area contributed by atoms with Gasteiger partial charge in [0.05, 0.1) is 57.4 Å². The average molecular weight is 817 g/mol. The molecule has 4 fully saturated rings. The van der Waals surface area contributed by atoms with Crippen LogP contribution < -0.4 is 0 Å². The number of nitrogens with zero attached hydrogens (tertiary/aromatic N) is 3. The Morgan fingerprint density at radius 1 is 0.695 bits per heavy atom. The van der Waals surface area contributed by atoms with Crippen LogP contribution in [0, 0.1) is 17.2 Å². The monoisotopic (exact) mass is 816 g/mol. The van der Waals surface area contributed by atoms with Crippen molar-refractivity contribution >= 4 is 5.90 Å². The van der Waals surface area contributed by atoms with E-state index in [9.17, 15) is 5.53 Å². The van der Waals surface area contributed by atoms with Crippen LogP contribution >= 0.6 is 0 Å². The Bertz CT molecular complexity index is 1810. The van der Waals surface area contributed by atoms with E-state index in [1.165, 1.54) is 6.92 Å². The maximum atomic E-state index is 9.59. The molecule has 3 aromatic carbocycles. The van der Waals surface area contributed by atoms with Crippen LogP contribution in [-0.4, -0.2) is 99.1 Å². The Morgan fingerprint density at radius 3 is 1.92 bits per heavy atom. The van der Waals surface area contributed by atoms with Crippen molar-refractivity contribution in [1.29, 1.82) is 5.41 Å². The summed E-state index contributed by atoms with van der Waals surface area (Å²) in [6.07, 6.45) is -7.89. The van der Waals surface area contributed by atoms with E-state index < -0.39 is 73.7 Å². The molecule has 4 aliphatic rings. The molecule has 0 bridgehead atoms. The molecule has 59 heavy (non-hydrogen) atoms. The lowest BCUT2D eigenvalue weighted by Gasteiger charge is -2.48. The summed E-state index contributed by atoms with van der Waals surface area (Å²) in [7, 11) is 0. The summed E-state index contributed by atoms with van der Waals surface area (Å²) >= 11 is 0. The highest BCUT2D eigenvalue weighted by Gasteiger charge is 2.56. The van der Waals surface area contributed by atoms with E-state index in [1.54, 1.807) is 0 Å². The fourth-order valence-corrected chi connectivity index (χ4v) is 8.21. The smallest absolute Gasteiger partial charge is 0.228 e. The molecule has 0 radical (unpaired) electrons. The highest BCUT2D eigenvalue weighted by molar-refractivity contribution is 5.69. The molecule has 8 unspecified atom stereocenters. The van der Waals surface area contributed by atoms with Crippen molar-refractivity contribution in [2.45, 2.75) is 134 Å². The number of hydrogen-bond donors (Lipinski definition) is 1. The number of benzene rings is 3. The van der Waals surface area contributed by atoms with Crippen LogP contribution in [0.5, 0.6) is 0 Å². The van der Waals surface area contributed by atoms with Crippen molar-refractivity contribution in [3.05, 3.63) is 118 Å². The fourth-order valence-electron chi connectivity index (χ4n) is 8.21. The van der Waals surface area contributed by atoms with Crippen molar-refractivity contribution < 1.29 is 52.1 Å². The summed E-state index contributed by atoms with van der Waals surface area (Å²) in [5.74, 6) is -0.750. The van der Waals surface area contributed by atoms with Gasteiger partial charge in [0.25, 0.3) is 0 Å². The largest absolute Gasteiger partial charge is 0.450 e. The third-order valence-corrected chi connectivity index (χ3v) is 11.2. The first-order chi connectivity index (χ1) is 28.7. The third kappa shape index (κ3) is 10.9. The van der Waals surface area contributed by atoms with Crippen LogP contribution in [0.4, 0.5) is 0 Å². The minimum absolute atomic E-state index is 0.0688. The normalized spacial score (nSPS) is 35.6. The number of azide groups is 1. The first-order valence-electron chi connectivity index (χ1n) is 20.4. The van der Waals surface area contributed by atoms with E-state index in [-0.39, 0.29) is 37.2 Å². The van der Waals surface area contributed by atoms with Crippen molar-refractivity contribution in [2.24, 2.45) is 17.0 Å². The van der Waals surface area contributed by atoms with Crippen LogP contribution in [0.3, 0.4) is 0 Å². The van der Waals surface area contributed by atoms with Crippen molar-refractivity contribution in [1.82, 2.24) is 0 Å². The Labute approximate surface area is 345 Å². The Balaban J connectivity index is 1.03. The molecule has 15 atom stereocenters.